The molecule has 4 nitrogen and oxygen atoms in total. The van der Waals surface area contributed by atoms with E-state index < -0.39 is 0 Å². The maximum atomic E-state index is 14.8. The first-order valence-corrected chi connectivity index (χ1v) is 10.4. The highest BCUT2D eigenvalue weighted by molar-refractivity contribution is 7.77. The minimum atomic E-state index is -0.251. The van der Waals surface area contributed by atoms with Crippen molar-refractivity contribution in [2.45, 2.75) is 40.5 Å². The van der Waals surface area contributed by atoms with Crippen LogP contribution in [0.25, 0.3) is 22.3 Å². The van der Waals surface area contributed by atoms with E-state index in [1.165, 1.54) is 0 Å². The lowest BCUT2D eigenvalue weighted by Crippen LogP contribution is -2.02. The highest BCUT2D eigenvalue weighted by atomic mass is 32.1. The van der Waals surface area contributed by atoms with Gasteiger partial charge in [0.25, 0.3) is 0 Å². The molecule has 3 aromatic rings. The monoisotopic (exact) mass is 430 g/mol. The molecule has 3 N–H and O–H groups in total. The zero-order valence-corrected chi connectivity index (χ0v) is 19.1. The second kappa shape index (κ2) is 13.1. The molecule has 0 aliphatic heterocycles. The van der Waals surface area contributed by atoms with Crippen molar-refractivity contribution in [2.75, 3.05) is 6.61 Å². The van der Waals surface area contributed by atoms with Crippen LogP contribution in [0, 0.1) is 19.7 Å². The first kappa shape index (κ1) is 25.8. The van der Waals surface area contributed by atoms with Gasteiger partial charge in [-0.2, -0.15) is 0 Å². The topological polar surface area (TPSA) is 68.4 Å². The van der Waals surface area contributed by atoms with Gasteiger partial charge in [-0.25, -0.2) is 9.28 Å². The highest BCUT2D eigenvalue weighted by Crippen LogP contribution is 2.36. The third-order valence-corrected chi connectivity index (χ3v) is 4.51. The second-order valence-corrected chi connectivity index (χ2v) is 6.74. The molecule has 162 valence electrons. The smallest absolute Gasteiger partial charge is 0.131 e. The Hall–Kier alpha value is -2.25. The molecule has 0 amide bonds. The molecular formula is C24H31FN2O2S. The molecule has 1 aromatic heterocycles. The van der Waals surface area contributed by atoms with E-state index in [4.69, 9.17) is 5.26 Å². The maximum absolute atomic E-state index is 14.8. The summed E-state index contributed by atoms with van der Waals surface area (Å²) in [5.41, 5.74) is 6.01. The zero-order chi connectivity index (χ0) is 22.7. The van der Waals surface area contributed by atoms with Crippen molar-refractivity contribution in [2.24, 2.45) is 5.14 Å². The molecule has 2 aromatic carbocycles. The van der Waals surface area contributed by atoms with E-state index in [2.05, 4.69) is 27.8 Å². The molecule has 1 heterocycles. The zero-order valence-electron chi connectivity index (χ0n) is 18.2. The number of rotatable bonds is 5. The van der Waals surface area contributed by atoms with Crippen LogP contribution in [0.4, 0.5) is 4.39 Å². The van der Waals surface area contributed by atoms with E-state index in [1.807, 2.05) is 71.0 Å². The summed E-state index contributed by atoms with van der Waals surface area (Å²) in [6, 6.07) is 13.4. The van der Waals surface area contributed by atoms with Crippen molar-refractivity contribution in [1.82, 2.24) is 4.98 Å². The molecule has 0 saturated carbocycles. The third kappa shape index (κ3) is 6.64. The van der Waals surface area contributed by atoms with Crippen molar-refractivity contribution in [3.05, 3.63) is 77.4 Å². The minimum Gasteiger partial charge on any atom is -0.281 e. The largest absolute Gasteiger partial charge is 0.281 e. The predicted octanol–water partition coefficient (Wildman–Crippen LogP) is 6.58. The Morgan fingerprint density at radius 1 is 1.00 bits per heavy atom. The standard InChI is InChI=1S/C22H22FNO2.C2H6.H3NS/c1-14-9-20(18-6-4-17(5-7-18)16(3)13-26-25)22(21(23)10-14)19-8-15(2)11-24-12-19;2*1-2/h4-12,16,25H,13H2,1-3H3;1-2H3;2H,1H2. The summed E-state index contributed by atoms with van der Waals surface area (Å²) < 4.78 is 14.8. The lowest BCUT2D eigenvalue weighted by molar-refractivity contribution is -0.245. The minimum absolute atomic E-state index is 0.0729. The van der Waals surface area contributed by atoms with Crippen LogP contribution in [0.1, 0.15) is 43.4 Å². The van der Waals surface area contributed by atoms with E-state index >= 15 is 0 Å². The molecule has 0 bridgehead atoms. The Kier molecular flexibility index (Phi) is 11.3. The summed E-state index contributed by atoms with van der Waals surface area (Å²) in [4.78, 5) is 8.45. The number of aromatic nitrogens is 1. The van der Waals surface area contributed by atoms with Gasteiger partial charge in [-0.3, -0.25) is 15.4 Å². The molecule has 1 atom stereocenters. The fourth-order valence-electron chi connectivity index (χ4n) is 3.15. The predicted molar refractivity (Wildman–Crippen MR) is 126 cm³/mol. The Labute approximate surface area is 184 Å². The summed E-state index contributed by atoms with van der Waals surface area (Å²) in [5.74, 6) is -0.178. The van der Waals surface area contributed by atoms with Gasteiger partial charge in [0, 0.05) is 29.4 Å². The van der Waals surface area contributed by atoms with Crippen LogP contribution in [0.15, 0.2) is 54.9 Å². The van der Waals surface area contributed by atoms with E-state index in [9.17, 15) is 4.39 Å². The van der Waals surface area contributed by atoms with E-state index in [0.29, 0.717) is 5.56 Å². The molecule has 0 fully saturated rings. The Morgan fingerprint density at radius 3 is 2.20 bits per heavy atom. The fourth-order valence-corrected chi connectivity index (χ4v) is 3.15. The molecule has 0 aliphatic rings. The van der Waals surface area contributed by atoms with Crippen LogP contribution in [0.5, 0.6) is 0 Å². The second-order valence-electron chi connectivity index (χ2n) is 6.74. The van der Waals surface area contributed by atoms with Crippen molar-refractivity contribution < 1.29 is 14.5 Å². The lowest BCUT2D eigenvalue weighted by Gasteiger charge is -2.15. The van der Waals surface area contributed by atoms with E-state index in [-0.39, 0.29) is 18.3 Å². The SMILES string of the molecule is CC.Cc1cncc(-c2c(F)cc(C)cc2-c2ccc(C(C)COO)cc2)c1.NS. The van der Waals surface area contributed by atoms with Crippen LogP contribution in [-0.2, 0) is 4.89 Å². The Morgan fingerprint density at radius 2 is 1.63 bits per heavy atom. The number of nitrogens with zero attached hydrogens (tertiary/aromatic N) is 1. The number of pyridine rings is 1. The van der Waals surface area contributed by atoms with Crippen LogP contribution in [-0.4, -0.2) is 16.8 Å². The first-order valence-electron chi connectivity index (χ1n) is 9.84. The Balaban J connectivity index is 0.00000106. The van der Waals surface area contributed by atoms with Crippen LogP contribution in [0.3, 0.4) is 0 Å². The highest BCUT2D eigenvalue weighted by Gasteiger charge is 2.15. The molecular weight excluding hydrogens is 399 g/mol. The normalized spacial score (nSPS) is 11.0. The van der Waals surface area contributed by atoms with Crippen LogP contribution >= 0.6 is 12.8 Å². The average Bonchev–Trinajstić information content (AvgIpc) is 2.76. The van der Waals surface area contributed by atoms with Crippen molar-refractivity contribution in [3.63, 3.8) is 0 Å². The molecule has 0 radical (unpaired) electrons. The number of hydrogen-bond acceptors (Lipinski definition) is 5. The summed E-state index contributed by atoms with van der Waals surface area (Å²) in [6.07, 6.45) is 3.45. The third-order valence-electron chi connectivity index (χ3n) is 4.51. The quantitative estimate of drug-likeness (QED) is 0.243. The fraction of sp³-hybridized carbons (Fsp3) is 0.292. The van der Waals surface area contributed by atoms with Gasteiger partial charge in [0.1, 0.15) is 5.82 Å². The van der Waals surface area contributed by atoms with Gasteiger partial charge in [0.05, 0.1) is 6.61 Å². The molecule has 1 unspecified atom stereocenters. The first-order chi connectivity index (χ1) is 14.5. The van der Waals surface area contributed by atoms with E-state index in [1.54, 1.807) is 18.5 Å². The van der Waals surface area contributed by atoms with Gasteiger partial charge in [-0.1, -0.05) is 51.1 Å². The number of hydrogen-bond donors (Lipinski definition) is 3. The number of nitrogens with two attached hydrogens (primary N) is 1. The van der Waals surface area contributed by atoms with Crippen molar-refractivity contribution >= 4 is 12.8 Å². The summed E-state index contributed by atoms with van der Waals surface area (Å²) >= 11 is 3.03. The van der Waals surface area contributed by atoms with Gasteiger partial charge in [-0.15, -0.1) is 12.8 Å². The molecule has 30 heavy (non-hydrogen) atoms. The molecule has 0 spiro atoms. The maximum Gasteiger partial charge on any atom is 0.131 e. The molecule has 0 aliphatic carbocycles. The number of halogens is 1. The molecule has 6 heteroatoms. The van der Waals surface area contributed by atoms with Gasteiger partial charge < -0.3 is 0 Å². The van der Waals surface area contributed by atoms with Crippen molar-refractivity contribution in [3.8, 4) is 22.3 Å². The number of thiol groups is 1. The van der Waals surface area contributed by atoms with Gasteiger partial charge in [0.2, 0.25) is 0 Å². The van der Waals surface area contributed by atoms with Crippen molar-refractivity contribution in [1.29, 1.82) is 0 Å². The van der Waals surface area contributed by atoms with Gasteiger partial charge >= 0.3 is 0 Å². The number of benzene rings is 2. The summed E-state index contributed by atoms with van der Waals surface area (Å²) in [7, 11) is 0. The van der Waals surface area contributed by atoms with Crippen LogP contribution < -0.4 is 5.14 Å². The van der Waals surface area contributed by atoms with Crippen LogP contribution in [0.2, 0.25) is 0 Å². The van der Waals surface area contributed by atoms with Gasteiger partial charge in [-0.05, 0) is 53.8 Å². The lowest BCUT2D eigenvalue weighted by atomic mass is 9.91. The Bertz CT molecular complexity index is 918. The average molecular weight is 431 g/mol. The molecule has 0 saturated heterocycles. The van der Waals surface area contributed by atoms with E-state index in [0.717, 1.165) is 33.4 Å². The van der Waals surface area contributed by atoms with Gasteiger partial charge in [0.15, 0.2) is 0 Å². The summed E-state index contributed by atoms with van der Waals surface area (Å²) in [5, 5.41) is 12.8. The molecule has 3 rings (SSSR count). The summed E-state index contributed by atoms with van der Waals surface area (Å²) in [6.45, 7) is 10.0. The number of aryl methyl sites for hydroxylation is 2.